The molecule has 0 saturated carbocycles. The number of hydrogen-bond acceptors (Lipinski definition) is 8. The van der Waals surface area contributed by atoms with Crippen LogP contribution in [0.15, 0.2) is 18.2 Å². The van der Waals surface area contributed by atoms with Crippen LogP contribution in [-0.4, -0.2) is 41.6 Å². The maximum atomic E-state index is 12.6. The lowest BCUT2D eigenvalue weighted by Gasteiger charge is -2.28. The fraction of sp³-hybridized carbons (Fsp3) is 0.643. The molecule has 3 N–H and O–H groups in total. The molecule has 0 aliphatic carbocycles. The van der Waals surface area contributed by atoms with E-state index in [0.29, 0.717) is 5.56 Å². The van der Waals surface area contributed by atoms with Gasteiger partial charge in [0.05, 0.1) is 12.5 Å². The second-order valence-corrected chi connectivity index (χ2v) is 10.2. The predicted octanol–water partition coefficient (Wildman–Crippen LogP) is 4.70. The first-order chi connectivity index (χ1) is 17.3. The second kappa shape index (κ2) is 15.3. The number of carboxylic acid groups (broad SMARTS) is 1. The zero-order chi connectivity index (χ0) is 28.3. The first-order valence-corrected chi connectivity index (χ1v) is 13.0. The quantitative estimate of drug-likeness (QED) is 0.248. The summed E-state index contributed by atoms with van der Waals surface area (Å²) in [5.74, 6) is -3.90. The SMILES string of the molecule is CCC(C)CC(=O)Oc1ccc(C(C(C)COC(=O)C(C)C)[C@H](N)C(=O)O)cc1OC(=O)CC(C)CC. The lowest BCUT2D eigenvalue weighted by Crippen LogP contribution is -2.40. The van der Waals surface area contributed by atoms with Crippen molar-refractivity contribution in [2.75, 3.05) is 6.61 Å². The van der Waals surface area contributed by atoms with E-state index in [-0.39, 0.29) is 48.7 Å². The van der Waals surface area contributed by atoms with E-state index in [1.54, 1.807) is 26.8 Å². The molecule has 1 aromatic rings. The minimum Gasteiger partial charge on any atom is -0.480 e. The number of nitrogens with two attached hydrogens (primary N) is 1. The predicted molar refractivity (Wildman–Crippen MR) is 139 cm³/mol. The molecule has 9 nitrogen and oxygen atoms in total. The molecule has 208 valence electrons. The number of rotatable bonds is 15. The van der Waals surface area contributed by atoms with Crippen LogP contribution in [0.25, 0.3) is 0 Å². The molecular formula is C28H43NO8. The van der Waals surface area contributed by atoms with Crippen LogP contribution in [0.5, 0.6) is 11.5 Å². The number of carboxylic acids is 1. The third-order valence-corrected chi connectivity index (χ3v) is 6.47. The van der Waals surface area contributed by atoms with Crippen molar-refractivity contribution in [3.8, 4) is 11.5 Å². The number of carbonyl (C=O) groups excluding carboxylic acids is 3. The van der Waals surface area contributed by atoms with Gasteiger partial charge in [-0.1, -0.05) is 67.4 Å². The lowest BCUT2D eigenvalue weighted by molar-refractivity contribution is -0.149. The van der Waals surface area contributed by atoms with E-state index < -0.39 is 41.8 Å². The van der Waals surface area contributed by atoms with Crippen LogP contribution in [0.3, 0.4) is 0 Å². The summed E-state index contributed by atoms with van der Waals surface area (Å²) in [6, 6.07) is 3.22. The molecule has 0 aliphatic rings. The third kappa shape index (κ3) is 10.5. The maximum Gasteiger partial charge on any atom is 0.321 e. The van der Waals surface area contributed by atoms with Gasteiger partial charge >= 0.3 is 23.9 Å². The van der Waals surface area contributed by atoms with Crippen molar-refractivity contribution >= 4 is 23.9 Å². The Kier molecular flexibility index (Phi) is 13.3. The largest absolute Gasteiger partial charge is 0.480 e. The van der Waals surface area contributed by atoms with Gasteiger partial charge in [-0.15, -0.1) is 0 Å². The van der Waals surface area contributed by atoms with Gasteiger partial charge in [-0.3, -0.25) is 19.2 Å². The molecule has 0 aliphatic heterocycles. The normalized spacial score (nSPS) is 15.3. The van der Waals surface area contributed by atoms with Gasteiger partial charge < -0.3 is 25.1 Å². The smallest absolute Gasteiger partial charge is 0.321 e. The molecule has 0 heterocycles. The summed E-state index contributed by atoms with van der Waals surface area (Å²) >= 11 is 0. The van der Waals surface area contributed by atoms with E-state index in [9.17, 15) is 24.3 Å². The Hall–Kier alpha value is -2.94. The molecule has 0 bridgehead atoms. The monoisotopic (exact) mass is 521 g/mol. The zero-order valence-electron chi connectivity index (χ0n) is 23.1. The van der Waals surface area contributed by atoms with E-state index >= 15 is 0 Å². The van der Waals surface area contributed by atoms with Gasteiger partial charge in [0.15, 0.2) is 11.5 Å². The molecule has 0 fully saturated rings. The molecule has 1 rings (SSSR count). The van der Waals surface area contributed by atoms with E-state index in [1.807, 2.05) is 27.7 Å². The van der Waals surface area contributed by atoms with Crippen molar-refractivity contribution < 1.29 is 38.5 Å². The van der Waals surface area contributed by atoms with Crippen LogP contribution in [0.2, 0.25) is 0 Å². The Balaban J connectivity index is 3.39. The Morgan fingerprint density at radius 1 is 0.865 bits per heavy atom. The summed E-state index contributed by atoms with van der Waals surface area (Å²) in [7, 11) is 0. The highest BCUT2D eigenvalue weighted by molar-refractivity contribution is 5.77. The van der Waals surface area contributed by atoms with Gasteiger partial charge in [-0.05, 0) is 35.4 Å². The molecule has 0 radical (unpaired) electrons. The highest BCUT2D eigenvalue weighted by atomic mass is 16.6. The third-order valence-electron chi connectivity index (χ3n) is 6.47. The van der Waals surface area contributed by atoms with Crippen LogP contribution in [0.1, 0.15) is 85.6 Å². The van der Waals surface area contributed by atoms with Gasteiger partial charge in [0, 0.05) is 18.8 Å². The van der Waals surface area contributed by atoms with Crippen LogP contribution in [0.4, 0.5) is 0 Å². The molecule has 37 heavy (non-hydrogen) atoms. The second-order valence-electron chi connectivity index (χ2n) is 10.2. The van der Waals surface area contributed by atoms with Gasteiger partial charge in [-0.25, -0.2) is 0 Å². The first kappa shape index (κ1) is 32.1. The Morgan fingerprint density at radius 3 is 1.84 bits per heavy atom. The first-order valence-electron chi connectivity index (χ1n) is 13.0. The molecule has 5 atom stereocenters. The Morgan fingerprint density at radius 2 is 1.38 bits per heavy atom. The van der Waals surface area contributed by atoms with Crippen LogP contribution in [-0.2, 0) is 23.9 Å². The van der Waals surface area contributed by atoms with Gasteiger partial charge in [0.2, 0.25) is 0 Å². The summed E-state index contributed by atoms with van der Waals surface area (Å²) in [4.78, 5) is 48.9. The summed E-state index contributed by atoms with van der Waals surface area (Å²) in [6.45, 7) is 12.9. The minimum absolute atomic E-state index is 0.0114. The fourth-order valence-electron chi connectivity index (χ4n) is 3.61. The summed E-state index contributed by atoms with van der Waals surface area (Å²) in [5.41, 5.74) is 6.51. The van der Waals surface area contributed by atoms with Crippen LogP contribution < -0.4 is 15.2 Å². The highest BCUT2D eigenvalue weighted by Crippen LogP contribution is 2.36. The van der Waals surface area contributed by atoms with Gasteiger partial charge in [0.1, 0.15) is 6.04 Å². The van der Waals surface area contributed by atoms with E-state index in [1.165, 1.54) is 12.1 Å². The van der Waals surface area contributed by atoms with E-state index in [4.69, 9.17) is 19.9 Å². The molecule has 1 aromatic carbocycles. The Bertz CT molecular complexity index is 929. The van der Waals surface area contributed by atoms with Crippen molar-refractivity contribution in [3.05, 3.63) is 23.8 Å². The molecule has 0 saturated heterocycles. The molecule has 0 spiro atoms. The minimum atomic E-state index is -1.32. The number of ether oxygens (including phenoxy) is 3. The number of hydrogen-bond donors (Lipinski definition) is 2. The molecule has 9 heteroatoms. The maximum absolute atomic E-state index is 12.6. The number of benzene rings is 1. The fourth-order valence-corrected chi connectivity index (χ4v) is 3.61. The molecular weight excluding hydrogens is 478 g/mol. The summed E-state index contributed by atoms with van der Waals surface area (Å²) < 4.78 is 16.5. The van der Waals surface area contributed by atoms with Crippen molar-refractivity contribution in [1.82, 2.24) is 0 Å². The number of aliphatic carboxylic acids is 1. The summed E-state index contributed by atoms with van der Waals surface area (Å²) in [5, 5.41) is 9.66. The number of esters is 3. The average molecular weight is 522 g/mol. The van der Waals surface area contributed by atoms with E-state index in [2.05, 4.69) is 0 Å². The zero-order valence-corrected chi connectivity index (χ0v) is 23.1. The standard InChI is InChI=1S/C28H43NO8/c1-8-17(5)12-23(30)36-21-11-10-20(14-22(21)37-24(31)13-18(6)9-2)25(26(29)27(32)33)19(7)15-35-28(34)16(3)4/h10-11,14,16-19,25-26H,8-9,12-13,15,29H2,1-7H3,(H,32,33)/t17?,18?,19?,25?,26-/m0/s1. The van der Waals surface area contributed by atoms with Crippen LogP contribution in [0, 0.1) is 23.7 Å². The average Bonchev–Trinajstić information content (AvgIpc) is 2.83. The lowest BCUT2D eigenvalue weighted by atomic mass is 9.82. The van der Waals surface area contributed by atoms with Crippen molar-refractivity contribution in [1.29, 1.82) is 0 Å². The molecule has 0 amide bonds. The topological polar surface area (TPSA) is 142 Å². The van der Waals surface area contributed by atoms with Gasteiger partial charge in [-0.2, -0.15) is 0 Å². The van der Waals surface area contributed by atoms with E-state index in [0.717, 1.165) is 12.8 Å². The van der Waals surface area contributed by atoms with Crippen LogP contribution >= 0.6 is 0 Å². The van der Waals surface area contributed by atoms with Crippen molar-refractivity contribution in [3.63, 3.8) is 0 Å². The molecule has 4 unspecified atom stereocenters. The summed E-state index contributed by atoms with van der Waals surface area (Å²) in [6.07, 6.45) is 1.96. The molecule has 0 aromatic heterocycles. The van der Waals surface area contributed by atoms with Crippen molar-refractivity contribution in [2.45, 2.75) is 86.1 Å². The highest BCUT2D eigenvalue weighted by Gasteiger charge is 2.33. The van der Waals surface area contributed by atoms with Crippen molar-refractivity contribution in [2.24, 2.45) is 29.4 Å². The Labute approximate surface area is 220 Å². The number of carbonyl (C=O) groups is 4. The van der Waals surface area contributed by atoms with Gasteiger partial charge in [0.25, 0.3) is 0 Å².